The molecule has 4 N–H and O–H groups in total. The van der Waals surface area contributed by atoms with E-state index in [9.17, 15) is 20.1 Å². The Morgan fingerprint density at radius 1 is 0.974 bits per heavy atom. The van der Waals surface area contributed by atoms with Crippen molar-refractivity contribution in [2.75, 3.05) is 7.11 Å². The molecule has 6 aromatic rings. The third kappa shape index (κ3) is 3.46. The molecule has 1 unspecified atom stereocenters. The summed E-state index contributed by atoms with van der Waals surface area (Å²) in [5.74, 6) is -0.456. The average molecular weight is 520 g/mol. The molecule has 39 heavy (non-hydrogen) atoms. The van der Waals surface area contributed by atoms with E-state index >= 15 is 0 Å². The minimum absolute atomic E-state index is 0.0311. The van der Waals surface area contributed by atoms with Crippen LogP contribution in [-0.2, 0) is 12.8 Å². The number of hydrogen-bond donors (Lipinski definition) is 4. The van der Waals surface area contributed by atoms with Crippen LogP contribution in [0, 0.1) is 0 Å². The van der Waals surface area contributed by atoms with Gasteiger partial charge in [-0.2, -0.15) is 0 Å². The van der Waals surface area contributed by atoms with E-state index in [-0.39, 0.29) is 39.9 Å². The first-order chi connectivity index (χ1) is 18.9. The number of fused-ring (bicyclic) bond motifs is 3. The van der Waals surface area contributed by atoms with Crippen LogP contribution in [-0.4, -0.2) is 27.4 Å². The maximum absolute atomic E-state index is 13.3. The molecular weight excluding hydrogens is 494 g/mol. The number of hydrogen-bond acceptors (Lipinski definition) is 6. The SMILES string of the molecule is COc1c(O)c(CC2CCc3cc4[nH]ccc4c4cccc2c34)c2oc(-c3ccc(O)cc3)cc(=O)c2c1O. The van der Waals surface area contributed by atoms with E-state index in [1.54, 1.807) is 12.1 Å². The summed E-state index contributed by atoms with van der Waals surface area (Å²) in [5.41, 5.74) is 4.23. The number of aromatic hydroxyl groups is 3. The molecule has 0 fully saturated rings. The Labute approximate surface area is 222 Å². The molecular formula is C32H25NO6. The zero-order valence-corrected chi connectivity index (χ0v) is 21.1. The highest BCUT2D eigenvalue weighted by Gasteiger charge is 2.29. The summed E-state index contributed by atoms with van der Waals surface area (Å²) in [6.45, 7) is 0. The van der Waals surface area contributed by atoms with Gasteiger partial charge in [0.2, 0.25) is 5.75 Å². The van der Waals surface area contributed by atoms with E-state index in [1.165, 1.54) is 52.6 Å². The number of benzene rings is 4. The van der Waals surface area contributed by atoms with Gasteiger partial charge in [0.05, 0.1) is 7.11 Å². The van der Waals surface area contributed by atoms with Crippen molar-refractivity contribution in [2.24, 2.45) is 0 Å². The first-order valence-corrected chi connectivity index (χ1v) is 12.8. The molecule has 2 heterocycles. The second-order valence-corrected chi connectivity index (χ2v) is 10.1. The van der Waals surface area contributed by atoms with Gasteiger partial charge in [0, 0.05) is 34.3 Å². The van der Waals surface area contributed by atoms with E-state index in [1.807, 2.05) is 6.20 Å². The van der Waals surface area contributed by atoms with Crippen molar-refractivity contribution < 1.29 is 24.5 Å². The molecule has 0 saturated carbocycles. The fourth-order valence-corrected chi connectivity index (χ4v) is 6.17. The summed E-state index contributed by atoms with van der Waals surface area (Å²) in [6.07, 6.45) is 4.04. The number of aromatic nitrogens is 1. The summed E-state index contributed by atoms with van der Waals surface area (Å²) in [5, 5.41) is 35.4. The van der Waals surface area contributed by atoms with Crippen molar-refractivity contribution in [3.05, 3.63) is 93.8 Å². The smallest absolute Gasteiger partial charge is 0.204 e. The van der Waals surface area contributed by atoms with E-state index in [4.69, 9.17) is 9.15 Å². The van der Waals surface area contributed by atoms with E-state index < -0.39 is 11.2 Å². The molecule has 1 aliphatic rings. The normalized spacial score (nSPS) is 14.8. The van der Waals surface area contributed by atoms with Crippen LogP contribution in [0.3, 0.4) is 0 Å². The Kier molecular flexibility index (Phi) is 5.10. The summed E-state index contributed by atoms with van der Waals surface area (Å²) < 4.78 is 11.6. The monoisotopic (exact) mass is 519 g/mol. The molecule has 0 aliphatic heterocycles. The molecule has 194 valence electrons. The van der Waals surface area contributed by atoms with Gasteiger partial charge in [0.25, 0.3) is 0 Å². The largest absolute Gasteiger partial charge is 0.508 e. The summed E-state index contributed by atoms with van der Waals surface area (Å²) in [6, 6.07) is 18.2. The second-order valence-electron chi connectivity index (χ2n) is 10.1. The molecule has 0 radical (unpaired) electrons. The first-order valence-electron chi connectivity index (χ1n) is 12.8. The van der Waals surface area contributed by atoms with Crippen molar-refractivity contribution in [1.82, 2.24) is 4.98 Å². The summed E-state index contributed by atoms with van der Waals surface area (Å²) in [4.78, 5) is 16.6. The topological polar surface area (TPSA) is 116 Å². The van der Waals surface area contributed by atoms with Gasteiger partial charge in [0.15, 0.2) is 16.9 Å². The molecule has 1 atom stereocenters. The predicted molar refractivity (Wildman–Crippen MR) is 150 cm³/mol. The fraction of sp³-hybridized carbons (Fsp3) is 0.156. The average Bonchev–Trinajstić information content (AvgIpc) is 3.41. The molecule has 2 aromatic heterocycles. The molecule has 1 aliphatic carbocycles. The lowest BCUT2D eigenvalue weighted by atomic mass is 9.77. The molecule has 4 aromatic carbocycles. The van der Waals surface area contributed by atoms with Gasteiger partial charge in [-0.1, -0.05) is 18.2 Å². The van der Waals surface area contributed by atoms with Crippen LogP contribution in [0.1, 0.15) is 29.0 Å². The van der Waals surface area contributed by atoms with Crippen LogP contribution < -0.4 is 10.2 Å². The third-order valence-corrected chi connectivity index (χ3v) is 7.99. The van der Waals surface area contributed by atoms with Gasteiger partial charge < -0.3 is 29.5 Å². The summed E-state index contributed by atoms with van der Waals surface area (Å²) in [7, 11) is 1.34. The van der Waals surface area contributed by atoms with Crippen LogP contribution in [0.25, 0.3) is 44.0 Å². The van der Waals surface area contributed by atoms with Crippen molar-refractivity contribution >= 4 is 32.6 Å². The van der Waals surface area contributed by atoms with Crippen LogP contribution in [0.5, 0.6) is 23.0 Å². The molecule has 7 heteroatoms. The lowest BCUT2D eigenvalue weighted by molar-refractivity contribution is 0.343. The lowest BCUT2D eigenvalue weighted by Crippen LogP contribution is -2.13. The number of ether oxygens (including phenoxy) is 1. The van der Waals surface area contributed by atoms with Crippen LogP contribution in [0.2, 0.25) is 0 Å². The second kappa shape index (κ2) is 8.56. The molecule has 0 saturated heterocycles. The van der Waals surface area contributed by atoms with E-state index in [0.29, 0.717) is 17.5 Å². The third-order valence-electron chi connectivity index (χ3n) is 7.99. The van der Waals surface area contributed by atoms with Gasteiger partial charge in [-0.15, -0.1) is 0 Å². The molecule has 7 nitrogen and oxygen atoms in total. The Bertz CT molecular complexity index is 1980. The molecule has 0 amide bonds. The van der Waals surface area contributed by atoms with Crippen molar-refractivity contribution in [2.45, 2.75) is 25.2 Å². The number of phenolic OH excluding ortho intramolecular Hbond substituents is 3. The van der Waals surface area contributed by atoms with Crippen molar-refractivity contribution in [1.29, 1.82) is 0 Å². The van der Waals surface area contributed by atoms with Gasteiger partial charge in [-0.05, 0) is 83.5 Å². The van der Waals surface area contributed by atoms with Crippen molar-refractivity contribution in [3.8, 4) is 34.3 Å². The van der Waals surface area contributed by atoms with Gasteiger partial charge in [0.1, 0.15) is 22.5 Å². The number of aryl methyl sites for hydroxylation is 1. The van der Waals surface area contributed by atoms with Crippen LogP contribution >= 0.6 is 0 Å². The Hall–Kier alpha value is -4.91. The number of methoxy groups -OCH3 is 1. The Morgan fingerprint density at radius 3 is 2.59 bits per heavy atom. The quantitative estimate of drug-likeness (QED) is 0.212. The first kappa shape index (κ1) is 23.2. The van der Waals surface area contributed by atoms with E-state index in [0.717, 1.165) is 18.4 Å². The Morgan fingerprint density at radius 2 is 1.79 bits per heavy atom. The molecule has 0 spiro atoms. The number of rotatable bonds is 4. The minimum Gasteiger partial charge on any atom is -0.508 e. The lowest BCUT2D eigenvalue weighted by Gasteiger charge is -2.27. The minimum atomic E-state index is -0.456. The number of H-pyrrole nitrogens is 1. The number of nitrogens with one attached hydrogen (secondary N) is 1. The summed E-state index contributed by atoms with van der Waals surface area (Å²) >= 11 is 0. The maximum atomic E-state index is 13.3. The Balaban J connectivity index is 1.44. The number of phenols is 3. The fourth-order valence-electron chi connectivity index (χ4n) is 6.17. The zero-order valence-electron chi connectivity index (χ0n) is 21.1. The zero-order chi connectivity index (χ0) is 26.8. The molecule has 0 bridgehead atoms. The van der Waals surface area contributed by atoms with Crippen LogP contribution in [0.4, 0.5) is 0 Å². The standard InChI is InChI=1S/C32H25NO6/c1-38-32-29(36)23(31-28(30(32)37)25(35)15-26(39-31)16-7-9-19(34)10-8-16)13-17-5-6-18-14-24-21(11-12-33-24)22-4-2-3-20(17)27(18)22/h2-4,7-12,14-15,17,33-34,36-37H,5-6,13H2,1H3. The van der Waals surface area contributed by atoms with E-state index in [2.05, 4.69) is 35.3 Å². The number of aromatic amines is 1. The highest BCUT2D eigenvalue weighted by molar-refractivity contribution is 6.09. The van der Waals surface area contributed by atoms with Crippen LogP contribution in [0.15, 0.2) is 76.1 Å². The van der Waals surface area contributed by atoms with Crippen molar-refractivity contribution in [3.63, 3.8) is 0 Å². The van der Waals surface area contributed by atoms with Gasteiger partial charge >= 0.3 is 0 Å². The predicted octanol–water partition coefficient (Wildman–Crippen LogP) is 6.49. The van der Waals surface area contributed by atoms with Gasteiger partial charge in [-0.3, -0.25) is 4.79 Å². The highest BCUT2D eigenvalue weighted by atomic mass is 16.5. The highest BCUT2D eigenvalue weighted by Crippen LogP contribution is 2.48. The van der Waals surface area contributed by atoms with Gasteiger partial charge in [-0.25, -0.2) is 0 Å². The molecule has 7 rings (SSSR count). The maximum Gasteiger partial charge on any atom is 0.204 e.